The molecule has 0 radical (unpaired) electrons. The summed E-state index contributed by atoms with van der Waals surface area (Å²) in [5.41, 5.74) is 2.83. The van der Waals surface area contributed by atoms with Gasteiger partial charge in [-0.05, 0) is 49.3 Å². The van der Waals surface area contributed by atoms with E-state index in [1.807, 2.05) is 0 Å². The molecule has 1 saturated heterocycles. The predicted molar refractivity (Wildman–Crippen MR) is 71.6 cm³/mol. The number of hydrogen-bond acceptors (Lipinski definition) is 3. The van der Waals surface area contributed by atoms with Crippen LogP contribution in [0, 0.1) is 5.92 Å². The van der Waals surface area contributed by atoms with Crippen LogP contribution in [-0.4, -0.2) is 27.3 Å². The summed E-state index contributed by atoms with van der Waals surface area (Å²) in [5, 5.41) is 3.52. The minimum atomic E-state index is 0.655. The van der Waals surface area contributed by atoms with Gasteiger partial charge in [-0.25, -0.2) is 0 Å². The van der Waals surface area contributed by atoms with Crippen molar-refractivity contribution in [2.24, 2.45) is 5.92 Å². The molecule has 18 heavy (non-hydrogen) atoms. The number of benzene rings is 1. The first-order valence-corrected chi connectivity index (χ1v) is 6.79. The molecule has 1 fully saturated rings. The van der Waals surface area contributed by atoms with Crippen LogP contribution < -0.4 is 14.8 Å². The highest BCUT2D eigenvalue weighted by Gasteiger charge is 2.33. The zero-order valence-electron chi connectivity index (χ0n) is 11.2. The number of ether oxygens (including phenoxy) is 2. The Hall–Kier alpha value is -1.22. The third-order valence-electron chi connectivity index (χ3n) is 4.47. The van der Waals surface area contributed by atoms with Crippen molar-refractivity contribution in [3.63, 3.8) is 0 Å². The number of fused-ring (bicyclic) bond motifs is 3. The fraction of sp³-hybridized carbons (Fsp3) is 0.600. The molecular weight excluding hydrogens is 226 g/mol. The normalized spacial score (nSPS) is 26.1. The van der Waals surface area contributed by atoms with Gasteiger partial charge >= 0.3 is 0 Å². The SMILES string of the molecule is COc1ccc2c(c1OC)CC[C@H]1CCNC[C@H]21. The van der Waals surface area contributed by atoms with Gasteiger partial charge in [-0.3, -0.25) is 0 Å². The summed E-state index contributed by atoms with van der Waals surface area (Å²) in [6, 6.07) is 4.29. The maximum atomic E-state index is 5.57. The summed E-state index contributed by atoms with van der Waals surface area (Å²) >= 11 is 0. The second-order valence-electron chi connectivity index (χ2n) is 5.27. The molecule has 0 saturated carbocycles. The van der Waals surface area contributed by atoms with E-state index in [9.17, 15) is 0 Å². The first kappa shape index (κ1) is 11.8. The molecule has 0 unspecified atom stereocenters. The van der Waals surface area contributed by atoms with Gasteiger partial charge in [-0.2, -0.15) is 0 Å². The van der Waals surface area contributed by atoms with E-state index in [1.54, 1.807) is 14.2 Å². The van der Waals surface area contributed by atoms with Crippen LogP contribution in [0.3, 0.4) is 0 Å². The monoisotopic (exact) mass is 247 g/mol. The summed E-state index contributed by atoms with van der Waals surface area (Å²) in [7, 11) is 3.45. The molecular formula is C15H21NO2. The van der Waals surface area contributed by atoms with Gasteiger partial charge in [0.25, 0.3) is 0 Å². The van der Waals surface area contributed by atoms with Gasteiger partial charge in [0.15, 0.2) is 11.5 Å². The molecule has 1 aliphatic carbocycles. The van der Waals surface area contributed by atoms with E-state index in [1.165, 1.54) is 30.5 Å². The lowest BCUT2D eigenvalue weighted by Gasteiger charge is -2.38. The second-order valence-corrected chi connectivity index (χ2v) is 5.27. The van der Waals surface area contributed by atoms with E-state index in [2.05, 4.69) is 17.4 Å². The Morgan fingerprint density at radius 1 is 1.17 bits per heavy atom. The Balaban J connectivity index is 2.04. The largest absolute Gasteiger partial charge is 0.493 e. The van der Waals surface area contributed by atoms with Crippen LogP contribution in [0.4, 0.5) is 0 Å². The third-order valence-corrected chi connectivity index (χ3v) is 4.47. The van der Waals surface area contributed by atoms with E-state index in [4.69, 9.17) is 9.47 Å². The molecule has 98 valence electrons. The summed E-state index contributed by atoms with van der Waals surface area (Å²) in [6.07, 6.45) is 3.71. The molecule has 1 heterocycles. The van der Waals surface area contributed by atoms with E-state index in [0.29, 0.717) is 5.92 Å². The molecule has 2 aliphatic rings. The first-order valence-electron chi connectivity index (χ1n) is 6.79. The van der Waals surface area contributed by atoms with Crippen LogP contribution in [0.5, 0.6) is 11.5 Å². The van der Waals surface area contributed by atoms with E-state index >= 15 is 0 Å². The van der Waals surface area contributed by atoms with Gasteiger partial charge in [-0.15, -0.1) is 0 Å². The average Bonchev–Trinajstić information content (AvgIpc) is 2.45. The summed E-state index contributed by atoms with van der Waals surface area (Å²) in [5.74, 6) is 3.30. The van der Waals surface area contributed by atoms with Crippen molar-refractivity contribution in [1.29, 1.82) is 0 Å². The van der Waals surface area contributed by atoms with Crippen LogP contribution in [0.1, 0.15) is 29.9 Å². The first-order chi connectivity index (χ1) is 8.85. The standard InChI is InChI=1S/C15H21NO2/c1-17-14-6-5-11-12(15(14)18-2)4-3-10-7-8-16-9-13(10)11/h5-6,10,13,16H,3-4,7-9H2,1-2H3/t10-,13-/m0/s1. The molecule has 3 heteroatoms. The molecule has 3 rings (SSSR count). The van der Waals surface area contributed by atoms with Crippen molar-refractivity contribution in [3.05, 3.63) is 23.3 Å². The fourth-order valence-electron chi connectivity index (χ4n) is 3.56. The van der Waals surface area contributed by atoms with Crippen LogP contribution in [0.15, 0.2) is 12.1 Å². The van der Waals surface area contributed by atoms with Crippen LogP contribution in [0.25, 0.3) is 0 Å². The topological polar surface area (TPSA) is 30.5 Å². The molecule has 0 bridgehead atoms. The maximum absolute atomic E-state index is 5.57. The molecule has 1 aromatic rings. The summed E-state index contributed by atoms with van der Waals surface area (Å²) < 4.78 is 11.0. The predicted octanol–water partition coefficient (Wildman–Crippen LogP) is 2.34. The summed E-state index contributed by atoms with van der Waals surface area (Å²) in [4.78, 5) is 0. The highest BCUT2D eigenvalue weighted by atomic mass is 16.5. The van der Waals surface area contributed by atoms with Crippen molar-refractivity contribution in [2.75, 3.05) is 27.3 Å². The Morgan fingerprint density at radius 3 is 2.83 bits per heavy atom. The smallest absolute Gasteiger partial charge is 0.164 e. The van der Waals surface area contributed by atoms with Crippen LogP contribution in [0.2, 0.25) is 0 Å². The van der Waals surface area contributed by atoms with Gasteiger partial charge < -0.3 is 14.8 Å². The van der Waals surface area contributed by atoms with Crippen molar-refractivity contribution in [3.8, 4) is 11.5 Å². The number of methoxy groups -OCH3 is 2. The number of nitrogens with one attached hydrogen (secondary N) is 1. The number of rotatable bonds is 2. The lowest BCUT2D eigenvalue weighted by Crippen LogP contribution is -2.37. The molecule has 1 N–H and O–H groups in total. The van der Waals surface area contributed by atoms with Crippen molar-refractivity contribution < 1.29 is 9.47 Å². The number of piperidine rings is 1. The van der Waals surface area contributed by atoms with E-state index < -0.39 is 0 Å². The molecule has 0 amide bonds. The third kappa shape index (κ3) is 1.77. The molecule has 0 aromatic heterocycles. The lowest BCUT2D eigenvalue weighted by atomic mass is 9.72. The average molecular weight is 247 g/mol. The van der Waals surface area contributed by atoms with Gasteiger partial charge in [-0.1, -0.05) is 6.07 Å². The zero-order valence-corrected chi connectivity index (χ0v) is 11.2. The highest BCUT2D eigenvalue weighted by molar-refractivity contribution is 5.53. The quantitative estimate of drug-likeness (QED) is 0.870. The van der Waals surface area contributed by atoms with Gasteiger partial charge in [0.1, 0.15) is 0 Å². The van der Waals surface area contributed by atoms with Crippen molar-refractivity contribution in [1.82, 2.24) is 5.32 Å². The van der Waals surface area contributed by atoms with E-state index in [-0.39, 0.29) is 0 Å². The van der Waals surface area contributed by atoms with Crippen molar-refractivity contribution in [2.45, 2.75) is 25.2 Å². The Labute approximate surface area is 108 Å². The molecule has 1 aromatic carbocycles. The minimum Gasteiger partial charge on any atom is -0.493 e. The maximum Gasteiger partial charge on any atom is 0.164 e. The Kier molecular flexibility index (Phi) is 3.16. The number of hydrogen-bond donors (Lipinski definition) is 1. The van der Waals surface area contributed by atoms with Crippen LogP contribution in [-0.2, 0) is 6.42 Å². The molecule has 3 nitrogen and oxygen atoms in total. The lowest BCUT2D eigenvalue weighted by molar-refractivity contribution is 0.283. The minimum absolute atomic E-state index is 0.655. The van der Waals surface area contributed by atoms with Crippen LogP contribution >= 0.6 is 0 Å². The van der Waals surface area contributed by atoms with E-state index in [0.717, 1.165) is 30.4 Å². The Morgan fingerprint density at radius 2 is 2.06 bits per heavy atom. The zero-order chi connectivity index (χ0) is 12.5. The Bertz CT molecular complexity index is 444. The molecule has 1 aliphatic heterocycles. The van der Waals surface area contributed by atoms with Gasteiger partial charge in [0, 0.05) is 12.1 Å². The molecule has 0 spiro atoms. The molecule has 2 atom stereocenters. The van der Waals surface area contributed by atoms with Gasteiger partial charge in [0.05, 0.1) is 14.2 Å². The van der Waals surface area contributed by atoms with Crippen molar-refractivity contribution >= 4 is 0 Å². The highest BCUT2D eigenvalue weighted by Crippen LogP contribution is 2.45. The summed E-state index contributed by atoms with van der Waals surface area (Å²) in [6.45, 7) is 2.27. The second kappa shape index (κ2) is 4.81. The van der Waals surface area contributed by atoms with Gasteiger partial charge in [0.2, 0.25) is 0 Å². The fourth-order valence-corrected chi connectivity index (χ4v) is 3.56.